The molecule has 0 aliphatic heterocycles. The molecule has 29 heavy (non-hydrogen) atoms. The highest BCUT2D eigenvalue weighted by molar-refractivity contribution is 7.07. The van der Waals surface area contributed by atoms with Crippen molar-refractivity contribution in [2.75, 3.05) is 10.6 Å². The largest absolute Gasteiger partial charge is 0.487 e. The Morgan fingerprint density at radius 2 is 1.66 bits per heavy atom. The number of para-hydroxylation sites is 1. The predicted molar refractivity (Wildman–Crippen MR) is 117 cm³/mol. The molecule has 3 aromatic carbocycles. The Labute approximate surface area is 173 Å². The molecule has 1 aromatic heterocycles. The van der Waals surface area contributed by atoms with Crippen molar-refractivity contribution in [3.8, 4) is 5.75 Å². The number of thiazole rings is 1. The van der Waals surface area contributed by atoms with Crippen LogP contribution in [0.4, 0.5) is 17.1 Å². The Balaban J connectivity index is 1.36. The molecule has 4 aromatic rings. The third kappa shape index (κ3) is 5.21. The summed E-state index contributed by atoms with van der Waals surface area (Å²) in [4.78, 5) is 16.8. The van der Waals surface area contributed by atoms with Gasteiger partial charge >= 0.3 is 0 Å². The van der Waals surface area contributed by atoms with Crippen molar-refractivity contribution in [3.63, 3.8) is 0 Å². The van der Waals surface area contributed by atoms with Gasteiger partial charge in [0, 0.05) is 28.0 Å². The topological polar surface area (TPSA) is 63.2 Å². The van der Waals surface area contributed by atoms with E-state index in [1.54, 1.807) is 23.7 Å². The molecule has 0 unspecified atom stereocenters. The smallest absolute Gasteiger partial charge is 0.255 e. The van der Waals surface area contributed by atoms with Crippen LogP contribution < -0.4 is 15.4 Å². The molecule has 144 valence electrons. The monoisotopic (exact) mass is 401 g/mol. The second-order valence-electron chi connectivity index (χ2n) is 6.32. The van der Waals surface area contributed by atoms with Gasteiger partial charge in [-0.1, -0.05) is 24.3 Å². The fraction of sp³-hybridized carbons (Fsp3) is 0.0435. The summed E-state index contributed by atoms with van der Waals surface area (Å²) in [5.41, 5.74) is 5.86. The van der Waals surface area contributed by atoms with Gasteiger partial charge in [0.05, 0.1) is 11.2 Å². The second-order valence-corrected chi connectivity index (χ2v) is 7.04. The van der Waals surface area contributed by atoms with Crippen LogP contribution in [0.3, 0.4) is 0 Å². The second kappa shape index (κ2) is 9.03. The lowest BCUT2D eigenvalue weighted by molar-refractivity contribution is 0.102. The first-order valence-electron chi connectivity index (χ1n) is 9.10. The Kier molecular flexibility index (Phi) is 5.83. The Morgan fingerprint density at radius 1 is 0.897 bits per heavy atom. The van der Waals surface area contributed by atoms with Crippen LogP contribution in [-0.2, 0) is 6.61 Å². The van der Waals surface area contributed by atoms with Gasteiger partial charge in [0.15, 0.2) is 0 Å². The van der Waals surface area contributed by atoms with Crippen molar-refractivity contribution in [2.45, 2.75) is 6.61 Å². The van der Waals surface area contributed by atoms with E-state index < -0.39 is 0 Å². The van der Waals surface area contributed by atoms with Gasteiger partial charge in [-0.05, 0) is 54.6 Å². The van der Waals surface area contributed by atoms with Gasteiger partial charge < -0.3 is 15.4 Å². The number of nitrogens with one attached hydrogen (secondary N) is 2. The standard InChI is InChI=1S/C23H19N3O2S/c27-23(17-5-4-8-22(13-17)28-14-21-15-29-16-24-21)26-20-11-9-19(10-12-20)25-18-6-2-1-3-7-18/h1-13,15-16,25H,14H2,(H,26,27). The number of nitrogens with zero attached hydrogens (tertiary/aromatic N) is 1. The Bertz CT molecular complexity index is 1070. The van der Waals surface area contributed by atoms with Crippen LogP contribution >= 0.6 is 11.3 Å². The molecule has 1 heterocycles. The number of amides is 1. The maximum atomic E-state index is 12.6. The maximum absolute atomic E-state index is 12.6. The van der Waals surface area contributed by atoms with Crippen LogP contribution in [0.1, 0.15) is 16.1 Å². The number of hydrogen-bond donors (Lipinski definition) is 2. The molecule has 0 spiro atoms. The third-order valence-electron chi connectivity index (χ3n) is 4.17. The summed E-state index contributed by atoms with van der Waals surface area (Å²) in [5, 5.41) is 8.17. The molecular weight excluding hydrogens is 382 g/mol. The molecule has 0 saturated carbocycles. The first-order chi connectivity index (χ1) is 14.3. The number of rotatable bonds is 7. The van der Waals surface area contributed by atoms with E-state index in [4.69, 9.17) is 4.74 Å². The normalized spacial score (nSPS) is 10.3. The van der Waals surface area contributed by atoms with Gasteiger partial charge in [-0.2, -0.15) is 0 Å². The summed E-state index contributed by atoms with van der Waals surface area (Å²) in [5.74, 6) is 0.445. The minimum absolute atomic E-state index is 0.187. The summed E-state index contributed by atoms with van der Waals surface area (Å²) in [6.07, 6.45) is 0. The lowest BCUT2D eigenvalue weighted by Gasteiger charge is -2.10. The number of carbonyl (C=O) groups excluding carboxylic acids is 1. The summed E-state index contributed by atoms with van der Waals surface area (Å²) in [6.45, 7) is 0.379. The molecule has 5 nitrogen and oxygen atoms in total. The molecule has 6 heteroatoms. The zero-order valence-corrected chi connectivity index (χ0v) is 16.4. The molecule has 1 amide bonds. The zero-order valence-electron chi connectivity index (χ0n) is 15.5. The van der Waals surface area contributed by atoms with E-state index in [-0.39, 0.29) is 5.91 Å². The van der Waals surface area contributed by atoms with Gasteiger partial charge in [0.2, 0.25) is 0 Å². The summed E-state index contributed by atoms with van der Waals surface area (Å²) in [7, 11) is 0. The first-order valence-corrected chi connectivity index (χ1v) is 10.0. The maximum Gasteiger partial charge on any atom is 0.255 e. The lowest BCUT2D eigenvalue weighted by Crippen LogP contribution is -2.12. The minimum atomic E-state index is -0.187. The van der Waals surface area contributed by atoms with Crippen LogP contribution in [0.15, 0.2) is 89.8 Å². The van der Waals surface area contributed by atoms with Crippen molar-refractivity contribution >= 4 is 34.3 Å². The molecule has 0 atom stereocenters. The highest BCUT2D eigenvalue weighted by Crippen LogP contribution is 2.20. The van der Waals surface area contributed by atoms with E-state index in [0.717, 1.165) is 22.8 Å². The van der Waals surface area contributed by atoms with E-state index in [1.807, 2.05) is 66.0 Å². The quantitative estimate of drug-likeness (QED) is 0.416. The third-order valence-corrected chi connectivity index (χ3v) is 4.81. The number of aromatic nitrogens is 1. The van der Waals surface area contributed by atoms with Gasteiger partial charge in [-0.25, -0.2) is 4.98 Å². The predicted octanol–water partition coefficient (Wildman–Crippen LogP) is 5.72. The van der Waals surface area contributed by atoms with Crippen LogP contribution in [0.2, 0.25) is 0 Å². The van der Waals surface area contributed by atoms with Gasteiger partial charge in [0.1, 0.15) is 12.4 Å². The Morgan fingerprint density at radius 3 is 2.41 bits per heavy atom. The summed E-state index contributed by atoms with van der Waals surface area (Å²) >= 11 is 1.53. The lowest BCUT2D eigenvalue weighted by atomic mass is 10.2. The van der Waals surface area contributed by atoms with Crippen LogP contribution in [-0.4, -0.2) is 10.9 Å². The van der Waals surface area contributed by atoms with Crippen LogP contribution in [0.25, 0.3) is 0 Å². The number of carbonyl (C=O) groups is 1. The molecule has 4 rings (SSSR count). The summed E-state index contributed by atoms with van der Waals surface area (Å²) < 4.78 is 5.72. The molecule has 0 aliphatic rings. The van der Waals surface area contributed by atoms with E-state index in [9.17, 15) is 4.79 Å². The molecular formula is C23H19N3O2S. The van der Waals surface area contributed by atoms with Crippen molar-refractivity contribution in [1.82, 2.24) is 4.98 Å². The van der Waals surface area contributed by atoms with Crippen LogP contribution in [0, 0.1) is 0 Å². The van der Waals surface area contributed by atoms with Crippen molar-refractivity contribution in [3.05, 3.63) is 101 Å². The number of benzene rings is 3. The average molecular weight is 401 g/mol. The van der Waals surface area contributed by atoms with Crippen molar-refractivity contribution in [2.24, 2.45) is 0 Å². The Hall–Kier alpha value is -3.64. The molecule has 0 aliphatic carbocycles. The van der Waals surface area contributed by atoms with Gasteiger partial charge in [-0.3, -0.25) is 4.79 Å². The van der Waals surface area contributed by atoms with E-state index >= 15 is 0 Å². The molecule has 0 saturated heterocycles. The van der Waals surface area contributed by atoms with E-state index in [2.05, 4.69) is 15.6 Å². The average Bonchev–Trinajstić information content (AvgIpc) is 3.28. The highest BCUT2D eigenvalue weighted by Gasteiger charge is 2.08. The van der Waals surface area contributed by atoms with Crippen molar-refractivity contribution in [1.29, 1.82) is 0 Å². The molecule has 0 fully saturated rings. The minimum Gasteiger partial charge on any atom is -0.487 e. The highest BCUT2D eigenvalue weighted by atomic mass is 32.1. The fourth-order valence-corrected chi connectivity index (χ4v) is 3.26. The number of ether oxygens (including phenoxy) is 1. The van der Waals surface area contributed by atoms with Gasteiger partial charge in [-0.15, -0.1) is 11.3 Å². The number of hydrogen-bond acceptors (Lipinski definition) is 5. The van der Waals surface area contributed by atoms with Gasteiger partial charge in [0.25, 0.3) is 5.91 Å². The number of anilines is 3. The van der Waals surface area contributed by atoms with Crippen LogP contribution in [0.5, 0.6) is 5.75 Å². The SMILES string of the molecule is O=C(Nc1ccc(Nc2ccccc2)cc1)c1cccc(OCc2cscn2)c1. The van der Waals surface area contributed by atoms with Crippen molar-refractivity contribution < 1.29 is 9.53 Å². The molecule has 0 radical (unpaired) electrons. The van der Waals surface area contributed by atoms with E-state index in [0.29, 0.717) is 17.9 Å². The fourth-order valence-electron chi connectivity index (χ4n) is 2.72. The first kappa shape index (κ1) is 18.7. The summed E-state index contributed by atoms with van der Waals surface area (Å²) in [6, 6.07) is 24.6. The molecule has 0 bridgehead atoms. The molecule has 2 N–H and O–H groups in total. The zero-order chi connectivity index (χ0) is 19.9. The van der Waals surface area contributed by atoms with E-state index in [1.165, 1.54) is 11.3 Å².